The third-order valence-electron chi connectivity index (χ3n) is 3.66. The lowest BCUT2D eigenvalue weighted by Gasteiger charge is -2.02. The number of nitrogens with zero attached hydrogens (tertiary/aromatic N) is 2. The zero-order chi connectivity index (χ0) is 17.9. The second-order valence-electron chi connectivity index (χ2n) is 5.96. The topological polar surface area (TPSA) is 77.3 Å². The summed E-state index contributed by atoms with van der Waals surface area (Å²) in [5, 5.41) is 6.40. The van der Waals surface area contributed by atoms with E-state index in [2.05, 4.69) is 24.1 Å². The first kappa shape index (κ1) is 22.5. The van der Waals surface area contributed by atoms with E-state index in [4.69, 9.17) is 9.47 Å². The smallest absolute Gasteiger partial charge is 0.447 e. The highest BCUT2D eigenvalue weighted by Gasteiger charge is 2.04. The van der Waals surface area contributed by atoms with Crippen molar-refractivity contribution < 1.29 is 19.1 Å². The van der Waals surface area contributed by atoms with Crippen LogP contribution in [0.5, 0.6) is 0 Å². The molecule has 0 saturated carbocycles. The molecule has 0 heterocycles. The number of unbranched alkanes of at least 4 members (excludes halogenated alkanes) is 10. The molecular formula is C18H34N2O4. The number of hydrogen-bond donors (Lipinski definition) is 0. The van der Waals surface area contributed by atoms with Gasteiger partial charge in [-0.05, 0) is 12.8 Å². The molecule has 0 fully saturated rings. The quantitative estimate of drug-likeness (QED) is 0.269. The van der Waals surface area contributed by atoms with Gasteiger partial charge in [-0.2, -0.15) is 0 Å². The molecule has 6 nitrogen and oxygen atoms in total. The molecule has 2 amide bonds. The van der Waals surface area contributed by atoms with E-state index in [-0.39, 0.29) is 0 Å². The fourth-order valence-electron chi connectivity index (χ4n) is 2.22. The Morgan fingerprint density at radius 3 is 1.29 bits per heavy atom. The number of amides is 2. The summed E-state index contributed by atoms with van der Waals surface area (Å²) in [7, 11) is 0. The third-order valence-corrected chi connectivity index (χ3v) is 3.66. The lowest BCUT2D eigenvalue weighted by molar-refractivity contribution is 0.143. The lowest BCUT2D eigenvalue weighted by atomic mass is 10.1. The molecule has 0 aromatic rings. The standard InChI is InChI=1S/C18H34N2O4/c1-3-5-7-9-11-13-15-23-17(21)19-20-18(22)24-16-14-12-10-8-6-4-2/h3-16H2,1-2H3. The maximum atomic E-state index is 11.3. The summed E-state index contributed by atoms with van der Waals surface area (Å²) >= 11 is 0. The molecule has 0 atom stereocenters. The minimum Gasteiger partial charge on any atom is -0.447 e. The molecule has 0 N–H and O–H groups in total. The molecule has 140 valence electrons. The van der Waals surface area contributed by atoms with Gasteiger partial charge >= 0.3 is 12.2 Å². The molecule has 24 heavy (non-hydrogen) atoms. The highest BCUT2D eigenvalue weighted by molar-refractivity contribution is 5.73. The number of rotatable bonds is 14. The SMILES string of the molecule is CCCCCCCCOC(=O)N=NC(=O)OCCCCCCCC. The van der Waals surface area contributed by atoms with Gasteiger partial charge in [0.15, 0.2) is 0 Å². The molecule has 0 bridgehead atoms. The van der Waals surface area contributed by atoms with Crippen LogP contribution in [0, 0.1) is 0 Å². The van der Waals surface area contributed by atoms with E-state index in [0.29, 0.717) is 13.2 Å². The monoisotopic (exact) mass is 342 g/mol. The van der Waals surface area contributed by atoms with Crippen LogP contribution >= 0.6 is 0 Å². The van der Waals surface area contributed by atoms with Gasteiger partial charge in [-0.1, -0.05) is 88.3 Å². The van der Waals surface area contributed by atoms with Crippen LogP contribution in [0.15, 0.2) is 10.2 Å². The van der Waals surface area contributed by atoms with E-state index in [1.807, 2.05) is 0 Å². The first-order valence-corrected chi connectivity index (χ1v) is 9.46. The summed E-state index contributed by atoms with van der Waals surface area (Å²) in [5.41, 5.74) is 0. The van der Waals surface area contributed by atoms with Crippen molar-refractivity contribution in [3.05, 3.63) is 0 Å². The Hall–Kier alpha value is -1.46. The zero-order valence-corrected chi connectivity index (χ0v) is 15.4. The minimum absolute atomic E-state index is 0.316. The van der Waals surface area contributed by atoms with Crippen molar-refractivity contribution in [1.29, 1.82) is 0 Å². The molecule has 6 heteroatoms. The predicted molar refractivity (Wildman–Crippen MR) is 94.3 cm³/mol. The molecule has 0 saturated heterocycles. The average Bonchev–Trinajstić information content (AvgIpc) is 2.58. The molecule has 0 aromatic carbocycles. The highest BCUT2D eigenvalue weighted by Crippen LogP contribution is 2.06. The normalized spacial score (nSPS) is 10.9. The number of azo groups is 1. The van der Waals surface area contributed by atoms with Gasteiger partial charge in [-0.15, -0.1) is 0 Å². The summed E-state index contributed by atoms with van der Waals surface area (Å²) in [6, 6.07) is 0. The Bertz CT molecular complexity index is 314. The first-order valence-electron chi connectivity index (χ1n) is 9.46. The van der Waals surface area contributed by atoms with E-state index in [1.165, 1.54) is 38.5 Å². The molecular weight excluding hydrogens is 308 g/mol. The maximum absolute atomic E-state index is 11.3. The molecule has 0 aromatic heterocycles. The number of carbonyl (C=O) groups is 2. The summed E-state index contributed by atoms with van der Waals surface area (Å²) < 4.78 is 9.74. The van der Waals surface area contributed by atoms with Crippen molar-refractivity contribution in [2.45, 2.75) is 90.9 Å². The van der Waals surface area contributed by atoms with Crippen molar-refractivity contribution in [1.82, 2.24) is 0 Å². The van der Waals surface area contributed by atoms with Crippen LogP contribution in [0.4, 0.5) is 9.59 Å². The second-order valence-corrected chi connectivity index (χ2v) is 5.96. The zero-order valence-electron chi connectivity index (χ0n) is 15.4. The minimum atomic E-state index is -0.833. The van der Waals surface area contributed by atoms with Gasteiger partial charge in [-0.3, -0.25) is 0 Å². The van der Waals surface area contributed by atoms with Crippen molar-refractivity contribution in [3.63, 3.8) is 0 Å². The number of carbonyl (C=O) groups excluding carboxylic acids is 2. The van der Waals surface area contributed by atoms with Gasteiger partial charge in [0, 0.05) is 0 Å². The van der Waals surface area contributed by atoms with Crippen LogP contribution in [0.2, 0.25) is 0 Å². The summed E-state index contributed by atoms with van der Waals surface area (Å²) in [6.45, 7) is 4.98. The van der Waals surface area contributed by atoms with Gasteiger partial charge in [0.1, 0.15) is 0 Å². The largest absolute Gasteiger partial charge is 0.452 e. The molecule has 0 radical (unpaired) electrons. The van der Waals surface area contributed by atoms with Gasteiger partial charge in [-0.25, -0.2) is 9.59 Å². The number of hydrogen-bond acceptors (Lipinski definition) is 4. The van der Waals surface area contributed by atoms with Crippen molar-refractivity contribution >= 4 is 12.2 Å². The highest BCUT2D eigenvalue weighted by atomic mass is 16.6. The van der Waals surface area contributed by atoms with Crippen molar-refractivity contribution in [2.75, 3.05) is 13.2 Å². The summed E-state index contributed by atoms with van der Waals surface area (Å²) in [6.07, 6.45) is 11.7. The molecule has 0 spiro atoms. The van der Waals surface area contributed by atoms with Crippen LogP contribution in [0.1, 0.15) is 90.9 Å². The maximum Gasteiger partial charge on any atom is 0.452 e. The fraction of sp³-hybridized carbons (Fsp3) is 0.889. The Kier molecular flexibility index (Phi) is 16.8. The average molecular weight is 342 g/mol. The lowest BCUT2D eigenvalue weighted by Crippen LogP contribution is -2.03. The van der Waals surface area contributed by atoms with Crippen LogP contribution in [-0.2, 0) is 9.47 Å². The first-order chi connectivity index (χ1) is 11.7. The molecule has 0 aliphatic carbocycles. The van der Waals surface area contributed by atoms with Crippen LogP contribution in [-0.4, -0.2) is 25.4 Å². The molecule has 0 rings (SSSR count). The Labute approximate surface area is 146 Å². The van der Waals surface area contributed by atoms with Crippen LogP contribution < -0.4 is 0 Å². The predicted octanol–water partition coefficient (Wildman–Crippen LogP) is 6.43. The number of ether oxygens (including phenoxy) is 2. The summed E-state index contributed by atoms with van der Waals surface area (Å²) in [5.74, 6) is 0. The van der Waals surface area contributed by atoms with E-state index >= 15 is 0 Å². The van der Waals surface area contributed by atoms with Crippen molar-refractivity contribution in [3.8, 4) is 0 Å². The molecule has 0 aliphatic rings. The van der Waals surface area contributed by atoms with Gasteiger partial charge < -0.3 is 9.47 Å². The Morgan fingerprint density at radius 2 is 0.917 bits per heavy atom. The Morgan fingerprint density at radius 1 is 0.583 bits per heavy atom. The third kappa shape index (κ3) is 16.9. The van der Waals surface area contributed by atoms with E-state index in [9.17, 15) is 9.59 Å². The van der Waals surface area contributed by atoms with Crippen molar-refractivity contribution in [2.24, 2.45) is 10.2 Å². The van der Waals surface area contributed by atoms with Crippen LogP contribution in [0.25, 0.3) is 0 Å². The van der Waals surface area contributed by atoms with Gasteiger partial charge in [0.25, 0.3) is 0 Å². The molecule has 0 aliphatic heterocycles. The van der Waals surface area contributed by atoms with Gasteiger partial charge in [0.2, 0.25) is 0 Å². The van der Waals surface area contributed by atoms with E-state index in [1.54, 1.807) is 0 Å². The van der Waals surface area contributed by atoms with E-state index in [0.717, 1.165) is 38.5 Å². The second kappa shape index (κ2) is 17.9. The Balaban J connectivity index is 3.48. The van der Waals surface area contributed by atoms with Crippen LogP contribution in [0.3, 0.4) is 0 Å². The fourth-order valence-corrected chi connectivity index (χ4v) is 2.22. The molecule has 0 unspecified atom stereocenters. The van der Waals surface area contributed by atoms with Gasteiger partial charge in [0.05, 0.1) is 13.2 Å². The van der Waals surface area contributed by atoms with E-state index < -0.39 is 12.2 Å². The summed E-state index contributed by atoms with van der Waals surface area (Å²) in [4.78, 5) is 22.5.